The number of aliphatic hydroxyl groups excluding tert-OH is 20. The van der Waals surface area contributed by atoms with Crippen molar-refractivity contribution in [2.75, 3.05) is 39.6 Å². The zero-order valence-corrected chi connectivity index (χ0v) is 35.6. The second-order valence-electron chi connectivity index (χ2n) is 17.8. The lowest BCUT2D eigenvalue weighted by molar-refractivity contribution is -0.392. The summed E-state index contributed by atoms with van der Waals surface area (Å²) in [6.45, 7) is -5.47. The highest BCUT2D eigenvalue weighted by molar-refractivity contribution is 5.22. The highest BCUT2D eigenvalue weighted by Crippen LogP contribution is 2.48. The van der Waals surface area contributed by atoms with Crippen LogP contribution in [0.1, 0.15) is 0 Å². The first-order chi connectivity index (χ1) is 32.2. The molecule has 1 saturated carbocycles. The van der Waals surface area contributed by atoms with Crippen LogP contribution in [-0.4, -0.2) is 331 Å². The third-order valence-electron chi connectivity index (χ3n) is 13.6. The van der Waals surface area contributed by atoms with Gasteiger partial charge in [-0.15, -0.1) is 0 Å². The Morgan fingerprint density at radius 1 is 0.353 bits per heavy atom. The van der Waals surface area contributed by atoms with Crippen LogP contribution in [0.4, 0.5) is 0 Å². The van der Waals surface area contributed by atoms with Crippen molar-refractivity contribution in [3.63, 3.8) is 0 Å². The van der Waals surface area contributed by atoms with E-state index in [1.165, 1.54) is 0 Å². The number of epoxide rings is 1. The molecule has 0 aromatic heterocycles. The summed E-state index contributed by atoms with van der Waals surface area (Å²) in [6, 6.07) is -2.71. The van der Waals surface area contributed by atoms with Crippen molar-refractivity contribution in [1.29, 1.82) is 0 Å². The van der Waals surface area contributed by atoms with E-state index in [1.807, 2.05) is 0 Å². The molecule has 31 atom stereocenters. The Hall–Kier alpha value is -1.24. The summed E-state index contributed by atoms with van der Waals surface area (Å²) in [5, 5.41) is 214. The van der Waals surface area contributed by atoms with Crippen LogP contribution < -0.4 is 5.32 Å². The number of aliphatic hydroxyl groups is 20. The number of ether oxygens (including phenoxy) is 10. The molecule has 1 unspecified atom stereocenters. The molecule has 6 aliphatic heterocycles. The molecular formula is C37H63NO30. The normalized spacial score (nSPS) is 55.4. The van der Waals surface area contributed by atoms with Crippen molar-refractivity contribution in [2.45, 2.75) is 190 Å². The first-order valence-corrected chi connectivity index (χ1v) is 21.7. The molecule has 6 saturated heterocycles. The highest BCUT2D eigenvalue weighted by Gasteiger charge is 2.72. The van der Waals surface area contributed by atoms with Crippen LogP contribution in [0.15, 0.2) is 0 Å². The summed E-state index contributed by atoms with van der Waals surface area (Å²) < 4.78 is 55.4. The monoisotopic (exact) mass is 1000 g/mol. The van der Waals surface area contributed by atoms with Gasteiger partial charge in [0, 0.05) is 0 Å². The minimum atomic E-state index is -2.16. The van der Waals surface area contributed by atoms with Gasteiger partial charge in [0.25, 0.3) is 0 Å². The van der Waals surface area contributed by atoms with Gasteiger partial charge in [0.2, 0.25) is 0 Å². The lowest BCUT2D eigenvalue weighted by Crippen LogP contribution is -2.71. The average Bonchev–Trinajstić information content (AvgIpc) is 4.09. The van der Waals surface area contributed by atoms with Crippen molar-refractivity contribution >= 4 is 0 Å². The summed E-state index contributed by atoms with van der Waals surface area (Å²) in [6.07, 6.45) is -51.6. The minimum Gasteiger partial charge on any atom is -0.394 e. The molecule has 0 radical (unpaired) electrons. The van der Waals surface area contributed by atoms with E-state index in [1.54, 1.807) is 0 Å². The average molecular weight is 1000 g/mol. The molecule has 0 aromatic carbocycles. The van der Waals surface area contributed by atoms with Gasteiger partial charge >= 0.3 is 0 Å². The van der Waals surface area contributed by atoms with E-state index < -0.39 is 229 Å². The largest absolute Gasteiger partial charge is 0.394 e. The smallest absolute Gasteiger partial charge is 0.187 e. The van der Waals surface area contributed by atoms with Gasteiger partial charge in [-0.25, -0.2) is 0 Å². The summed E-state index contributed by atoms with van der Waals surface area (Å²) in [4.78, 5) is 0. The SMILES string of the molecule is OC[C@H]1O[C@H](O[C@H]2[C@H](O)[C@@H](O)[C@@H](O[C@H]3[C@H](O)[C@@H](O)[C@@H](O[C@H]4[C@H](O)[C@@H](O)[C@@H](O[C@H]5[C@H](O)[C@@H](O)C(O)O[C@@H]5CO)O[C@@H]4CO)O[C@@H]3CO)O[C@@H]2CO)[C@H](O)[C@@H](O)[C@@H]1N[C@@H]1[C@H](O)[C@@H](O)[C@H](O)[C@]2(CO)O[C@H]12. The maximum absolute atomic E-state index is 11.2. The second kappa shape index (κ2) is 22.1. The first kappa shape index (κ1) is 54.5. The molecule has 7 fully saturated rings. The summed E-state index contributed by atoms with van der Waals surface area (Å²) in [5.41, 5.74) is -1.65. The highest BCUT2D eigenvalue weighted by atomic mass is 16.8. The van der Waals surface area contributed by atoms with Gasteiger partial charge in [-0.1, -0.05) is 0 Å². The van der Waals surface area contributed by atoms with Crippen LogP contribution in [0.5, 0.6) is 0 Å². The topological polar surface area (TPSA) is 512 Å². The van der Waals surface area contributed by atoms with Crippen molar-refractivity contribution in [2.24, 2.45) is 0 Å². The predicted octanol–water partition coefficient (Wildman–Crippen LogP) is -14.7. The molecule has 7 aliphatic rings. The van der Waals surface area contributed by atoms with Crippen molar-refractivity contribution in [3.8, 4) is 0 Å². The molecule has 31 heteroatoms. The molecule has 396 valence electrons. The Morgan fingerprint density at radius 2 is 0.676 bits per heavy atom. The van der Waals surface area contributed by atoms with Crippen LogP contribution in [0.3, 0.4) is 0 Å². The van der Waals surface area contributed by atoms with Gasteiger partial charge in [-0.2, -0.15) is 0 Å². The minimum absolute atomic E-state index is 0.750. The molecule has 0 amide bonds. The standard InChI is InChI=1S/C37H63NO30/c39-1-7-12(38-13-15(46)20(51)30(57)37(6-44)31(13)68-37)14(45)22(53)33(60-7)65-27-9(3-41)62-35(24(55)17(27)48)67-29-11(5-43)63-36(25(56)19(29)50)66-28-10(4-42)61-34(23(54)18(28)49)64-26-8(2-40)59-32(58)21(52)16(26)47/h7-36,38-58H,1-6H2/t7-,8-,9-,10-,11-,12-,13-,14+,15+,16-,17-,18-,19-,20-,21-,22-,23-,24-,25-,26-,27-,28-,29-,30+,31-,32?,33-,34-,35-,36-,37+/m1/s1. The summed E-state index contributed by atoms with van der Waals surface area (Å²) >= 11 is 0. The Balaban J connectivity index is 0.963. The number of nitrogens with one attached hydrogen (secondary N) is 1. The fraction of sp³-hybridized carbons (Fsp3) is 1.00. The van der Waals surface area contributed by atoms with Crippen LogP contribution >= 0.6 is 0 Å². The van der Waals surface area contributed by atoms with Gasteiger partial charge in [0.1, 0.15) is 146 Å². The van der Waals surface area contributed by atoms with E-state index in [0.717, 1.165) is 0 Å². The van der Waals surface area contributed by atoms with Crippen molar-refractivity contribution < 1.29 is 149 Å². The molecule has 7 rings (SSSR count). The molecule has 6 heterocycles. The predicted molar refractivity (Wildman–Crippen MR) is 204 cm³/mol. The van der Waals surface area contributed by atoms with E-state index in [9.17, 15) is 102 Å². The van der Waals surface area contributed by atoms with Crippen molar-refractivity contribution in [3.05, 3.63) is 0 Å². The van der Waals surface area contributed by atoms with Gasteiger partial charge in [-0.05, 0) is 0 Å². The number of hydrogen-bond donors (Lipinski definition) is 21. The number of fused-ring (bicyclic) bond motifs is 1. The maximum Gasteiger partial charge on any atom is 0.187 e. The van der Waals surface area contributed by atoms with Gasteiger partial charge in [0.05, 0.1) is 51.7 Å². The zero-order valence-electron chi connectivity index (χ0n) is 35.6. The third kappa shape index (κ3) is 9.94. The van der Waals surface area contributed by atoms with Crippen LogP contribution in [-0.2, 0) is 47.4 Å². The Bertz CT molecular complexity index is 1610. The van der Waals surface area contributed by atoms with Gasteiger partial charge < -0.3 is 155 Å². The molecule has 0 bridgehead atoms. The van der Waals surface area contributed by atoms with E-state index in [4.69, 9.17) is 47.4 Å². The lowest BCUT2D eigenvalue weighted by atomic mass is 9.79. The third-order valence-corrected chi connectivity index (χ3v) is 13.6. The summed E-state index contributed by atoms with van der Waals surface area (Å²) in [7, 11) is 0. The first-order valence-electron chi connectivity index (χ1n) is 21.7. The van der Waals surface area contributed by atoms with Gasteiger partial charge in [-0.3, -0.25) is 0 Å². The van der Waals surface area contributed by atoms with E-state index in [-0.39, 0.29) is 0 Å². The van der Waals surface area contributed by atoms with Crippen LogP contribution in [0, 0.1) is 0 Å². The molecule has 0 aromatic rings. The Labute approximate surface area is 383 Å². The quantitative estimate of drug-likeness (QED) is 0.0638. The molecule has 21 N–H and O–H groups in total. The Morgan fingerprint density at radius 3 is 1.04 bits per heavy atom. The summed E-state index contributed by atoms with van der Waals surface area (Å²) in [5.74, 6) is 0. The Kier molecular flexibility index (Phi) is 17.7. The fourth-order valence-corrected chi connectivity index (χ4v) is 9.57. The van der Waals surface area contributed by atoms with E-state index in [2.05, 4.69) is 5.32 Å². The van der Waals surface area contributed by atoms with Crippen molar-refractivity contribution in [1.82, 2.24) is 5.32 Å². The molecule has 1 aliphatic carbocycles. The maximum atomic E-state index is 11.2. The fourth-order valence-electron chi connectivity index (χ4n) is 9.57. The van der Waals surface area contributed by atoms with Gasteiger partial charge in [0.15, 0.2) is 31.5 Å². The van der Waals surface area contributed by atoms with E-state index in [0.29, 0.717) is 0 Å². The van der Waals surface area contributed by atoms with E-state index >= 15 is 0 Å². The molecule has 0 spiro atoms. The number of hydrogen-bond acceptors (Lipinski definition) is 31. The second-order valence-corrected chi connectivity index (χ2v) is 17.8. The number of rotatable bonds is 16. The zero-order chi connectivity index (χ0) is 49.8. The van der Waals surface area contributed by atoms with Crippen LogP contribution in [0.2, 0.25) is 0 Å². The molecule has 68 heavy (non-hydrogen) atoms. The molecular weight excluding hydrogens is 938 g/mol. The lowest BCUT2D eigenvalue weighted by Gasteiger charge is -2.50. The van der Waals surface area contributed by atoms with Crippen LogP contribution in [0.25, 0.3) is 0 Å². The molecule has 31 nitrogen and oxygen atoms in total.